The standard InChI is InChI=1S/C17H24N4O2/c1-13-4-5-15-19-9-14(21(15)10-13)11-20-7-3-6-17(23,12-20)8-16(22)18-2/h4-5,9-10,23H,3,6-8,11-12H2,1-2H3,(H,18,22). The lowest BCUT2D eigenvalue weighted by atomic mass is 9.89. The van der Waals surface area contributed by atoms with Crippen molar-refractivity contribution in [3.63, 3.8) is 0 Å². The molecule has 1 atom stereocenters. The first-order valence-electron chi connectivity index (χ1n) is 8.07. The third kappa shape index (κ3) is 3.54. The van der Waals surface area contributed by atoms with Crippen molar-refractivity contribution >= 4 is 11.6 Å². The van der Waals surface area contributed by atoms with E-state index >= 15 is 0 Å². The van der Waals surface area contributed by atoms with E-state index < -0.39 is 5.60 Å². The monoisotopic (exact) mass is 316 g/mol. The Balaban J connectivity index is 1.74. The molecule has 3 heterocycles. The molecule has 2 aromatic rings. The van der Waals surface area contributed by atoms with Gasteiger partial charge in [0.1, 0.15) is 5.65 Å². The van der Waals surface area contributed by atoms with Crippen molar-refractivity contribution in [1.29, 1.82) is 0 Å². The zero-order valence-corrected chi connectivity index (χ0v) is 13.7. The van der Waals surface area contributed by atoms with Gasteiger partial charge in [0.2, 0.25) is 5.91 Å². The van der Waals surface area contributed by atoms with Crippen LogP contribution in [0.15, 0.2) is 24.5 Å². The number of nitrogens with zero attached hydrogens (tertiary/aromatic N) is 3. The normalized spacial score (nSPS) is 22.4. The molecule has 23 heavy (non-hydrogen) atoms. The van der Waals surface area contributed by atoms with E-state index in [0.29, 0.717) is 13.0 Å². The number of amides is 1. The number of nitrogens with one attached hydrogen (secondary N) is 1. The predicted molar refractivity (Wildman–Crippen MR) is 88.1 cm³/mol. The summed E-state index contributed by atoms with van der Waals surface area (Å²) in [6.07, 6.45) is 5.69. The number of likely N-dealkylation sites (tertiary alicyclic amines) is 1. The van der Waals surface area contributed by atoms with E-state index in [1.165, 1.54) is 5.56 Å². The van der Waals surface area contributed by atoms with Crippen LogP contribution < -0.4 is 5.32 Å². The summed E-state index contributed by atoms with van der Waals surface area (Å²) in [4.78, 5) is 18.3. The van der Waals surface area contributed by atoms with Gasteiger partial charge in [0.05, 0.1) is 23.9 Å². The molecule has 2 aromatic heterocycles. The molecule has 0 bridgehead atoms. The molecule has 0 aromatic carbocycles. The third-order valence-electron chi connectivity index (χ3n) is 4.52. The number of rotatable bonds is 4. The maximum atomic E-state index is 11.6. The van der Waals surface area contributed by atoms with Gasteiger partial charge in [-0.15, -0.1) is 0 Å². The fourth-order valence-corrected chi connectivity index (χ4v) is 3.36. The maximum Gasteiger partial charge on any atom is 0.222 e. The van der Waals surface area contributed by atoms with Crippen molar-refractivity contribution in [1.82, 2.24) is 19.6 Å². The molecule has 0 saturated carbocycles. The van der Waals surface area contributed by atoms with Gasteiger partial charge in [0.25, 0.3) is 0 Å². The van der Waals surface area contributed by atoms with E-state index in [1.807, 2.05) is 12.3 Å². The maximum absolute atomic E-state index is 11.6. The molecular weight excluding hydrogens is 292 g/mol. The Morgan fingerprint density at radius 1 is 1.48 bits per heavy atom. The highest BCUT2D eigenvalue weighted by atomic mass is 16.3. The summed E-state index contributed by atoms with van der Waals surface area (Å²) < 4.78 is 2.10. The fraction of sp³-hybridized carbons (Fsp3) is 0.529. The molecule has 0 radical (unpaired) electrons. The van der Waals surface area contributed by atoms with Crippen LogP contribution in [0.5, 0.6) is 0 Å². The van der Waals surface area contributed by atoms with E-state index in [2.05, 4.69) is 38.8 Å². The van der Waals surface area contributed by atoms with Crippen molar-refractivity contribution in [2.75, 3.05) is 20.1 Å². The first kappa shape index (κ1) is 16.0. The third-order valence-corrected chi connectivity index (χ3v) is 4.52. The Morgan fingerprint density at radius 2 is 2.30 bits per heavy atom. The number of piperidine rings is 1. The average Bonchev–Trinajstić information content (AvgIpc) is 2.89. The summed E-state index contributed by atoms with van der Waals surface area (Å²) >= 11 is 0. The van der Waals surface area contributed by atoms with Gasteiger partial charge in [-0.25, -0.2) is 4.98 Å². The number of carbonyl (C=O) groups is 1. The lowest BCUT2D eigenvalue weighted by molar-refractivity contribution is -0.128. The zero-order chi connectivity index (χ0) is 16.4. The van der Waals surface area contributed by atoms with Crippen LogP contribution in [0.2, 0.25) is 0 Å². The number of pyridine rings is 1. The summed E-state index contributed by atoms with van der Waals surface area (Å²) in [5.74, 6) is -0.111. The number of hydrogen-bond acceptors (Lipinski definition) is 4. The number of hydrogen-bond donors (Lipinski definition) is 2. The van der Waals surface area contributed by atoms with E-state index in [4.69, 9.17) is 0 Å². The molecule has 2 N–H and O–H groups in total. The first-order chi connectivity index (χ1) is 11.0. The number of aliphatic hydroxyl groups is 1. The number of imidazole rings is 1. The summed E-state index contributed by atoms with van der Waals surface area (Å²) in [6, 6.07) is 4.06. The SMILES string of the molecule is CNC(=O)CC1(O)CCCN(Cc2cnc3ccc(C)cn23)C1. The van der Waals surface area contributed by atoms with Crippen molar-refractivity contribution in [3.05, 3.63) is 35.8 Å². The van der Waals surface area contributed by atoms with Crippen LogP contribution in [0.25, 0.3) is 5.65 Å². The highest BCUT2D eigenvalue weighted by molar-refractivity contribution is 5.76. The molecule has 1 fully saturated rings. The van der Waals surface area contributed by atoms with Crippen LogP contribution >= 0.6 is 0 Å². The van der Waals surface area contributed by atoms with Crippen LogP contribution in [0.3, 0.4) is 0 Å². The second-order valence-corrected chi connectivity index (χ2v) is 6.57. The average molecular weight is 316 g/mol. The van der Waals surface area contributed by atoms with Crippen LogP contribution in [0.4, 0.5) is 0 Å². The quantitative estimate of drug-likeness (QED) is 0.886. The fourth-order valence-electron chi connectivity index (χ4n) is 3.36. The van der Waals surface area contributed by atoms with Crippen molar-refractivity contribution in [3.8, 4) is 0 Å². The van der Waals surface area contributed by atoms with E-state index in [1.54, 1.807) is 7.05 Å². The molecule has 0 aliphatic carbocycles. The zero-order valence-electron chi connectivity index (χ0n) is 13.7. The minimum Gasteiger partial charge on any atom is -0.388 e. The molecule has 1 saturated heterocycles. The topological polar surface area (TPSA) is 69.9 Å². The molecular formula is C17H24N4O2. The lowest BCUT2D eigenvalue weighted by Gasteiger charge is -2.38. The van der Waals surface area contributed by atoms with Crippen LogP contribution in [0.1, 0.15) is 30.5 Å². The van der Waals surface area contributed by atoms with Gasteiger partial charge in [0.15, 0.2) is 0 Å². The van der Waals surface area contributed by atoms with Gasteiger partial charge in [-0.05, 0) is 37.9 Å². The summed E-state index contributed by atoms with van der Waals surface area (Å²) in [6.45, 7) is 4.22. The minimum atomic E-state index is -0.936. The van der Waals surface area contributed by atoms with E-state index in [9.17, 15) is 9.90 Å². The number of β-amino-alcohol motifs (C(OH)–C–C–N with tert-alkyl or cyclic N) is 1. The van der Waals surface area contributed by atoms with Gasteiger partial charge >= 0.3 is 0 Å². The Morgan fingerprint density at radius 3 is 3.09 bits per heavy atom. The molecule has 1 aliphatic rings. The van der Waals surface area contributed by atoms with Gasteiger partial charge in [-0.1, -0.05) is 6.07 Å². The Bertz CT molecular complexity index is 712. The highest BCUT2D eigenvalue weighted by Crippen LogP contribution is 2.25. The first-order valence-corrected chi connectivity index (χ1v) is 8.07. The number of fused-ring (bicyclic) bond motifs is 1. The number of aryl methyl sites for hydroxylation is 1. The molecule has 3 rings (SSSR count). The second kappa shape index (κ2) is 6.29. The molecule has 1 amide bonds. The van der Waals surface area contributed by atoms with Gasteiger partial charge in [-0.2, -0.15) is 0 Å². The second-order valence-electron chi connectivity index (χ2n) is 6.57. The molecule has 6 heteroatoms. The number of aromatic nitrogens is 2. The van der Waals surface area contributed by atoms with Crippen molar-refractivity contribution < 1.29 is 9.90 Å². The predicted octanol–water partition coefficient (Wildman–Crippen LogP) is 1.11. The van der Waals surface area contributed by atoms with Crippen LogP contribution in [0, 0.1) is 6.92 Å². The molecule has 6 nitrogen and oxygen atoms in total. The molecule has 1 aliphatic heterocycles. The van der Waals surface area contributed by atoms with Gasteiger partial charge in [0, 0.05) is 26.3 Å². The molecule has 124 valence electrons. The van der Waals surface area contributed by atoms with E-state index in [-0.39, 0.29) is 12.3 Å². The highest BCUT2D eigenvalue weighted by Gasteiger charge is 2.35. The van der Waals surface area contributed by atoms with E-state index in [0.717, 1.165) is 30.9 Å². The summed E-state index contributed by atoms with van der Waals surface area (Å²) in [5.41, 5.74) is 2.29. The summed E-state index contributed by atoms with van der Waals surface area (Å²) in [7, 11) is 1.60. The van der Waals surface area contributed by atoms with Gasteiger partial charge in [-0.3, -0.25) is 9.69 Å². The Kier molecular flexibility index (Phi) is 4.37. The van der Waals surface area contributed by atoms with Crippen LogP contribution in [-0.2, 0) is 11.3 Å². The van der Waals surface area contributed by atoms with Gasteiger partial charge < -0.3 is 14.8 Å². The Labute approximate surface area is 136 Å². The smallest absolute Gasteiger partial charge is 0.222 e. The number of carbonyl (C=O) groups excluding carboxylic acids is 1. The molecule has 0 spiro atoms. The summed E-state index contributed by atoms with van der Waals surface area (Å²) in [5, 5.41) is 13.3. The van der Waals surface area contributed by atoms with Crippen molar-refractivity contribution in [2.45, 2.75) is 38.3 Å². The largest absolute Gasteiger partial charge is 0.388 e. The lowest BCUT2D eigenvalue weighted by Crippen LogP contribution is -2.50. The Hall–Kier alpha value is -1.92. The molecule has 1 unspecified atom stereocenters. The minimum absolute atomic E-state index is 0.111. The van der Waals surface area contributed by atoms with Crippen molar-refractivity contribution in [2.24, 2.45) is 0 Å². The van der Waals surface area contributed by atoms with Crippen LogP contribution in [-0.4, -0.2) is 51.0 Å².